The number of aliphatic imine (C=N–C) groups is 1. The number of nitrogens with one attached hydrogen (secondary N) is 1. The van der Waals surface area contributed by atoms with Gasteiger partial charge in [-0.05, 0) is 38.3 Å². The molecular weight excluding hydrogens is 378 g/mol. The van der Waals surface area contributed by atoms with Crippen LogP contribution in [0.5, 0.6) is 0 Å². The summed E-state index contributed by atoms with van der Waals surface area (Å²) in [6, 6.07) is 8.55. The molecule has 1 N–H and O–H groups in total. The Labute approximate surface area is 178 Å². The lowest BCUT2D eigenvalue weighted by atomic mass is 9.98. The molecule has 8 heteroatoms. The van der Waals surface area contributed by atoms with Crippen LogP contribution in [0.2, 0.25) is 0 Å². The lowest BCUT2D eigenvalue weighted by Crippen LogP contribution is -2.41. The second-order valence-electron chi connectivity index (χ2n) is 8.03. The lowest BCUT2D eigenvalue weighted by molar-refractivity contribution is -0.127. The number of amides is 1. The molecule has 160 valence electrons. The molecule has 30 heavy (non-hydrogen) atoms. The summed E-state index contributed by atoms with van der Waals surface area (Å²) in [6.07, 6.45) is 2.66. The van der Waals surface area contributed by atoms with Crippen molar-refractivity contribution in [2.45, 2.75) is 45.6 Å². The van der Waals surface area contributed by atoms with E-state index >= 15 is 0 Å². The standard InChI is InChI=1S/C22H31N7O/c1-4-23-22(24-14-20-26-25-16(2)27(20)3)29-15-17(18-8-5-6-9-19(18)29)11-13-28-12-7-10-21(28)30/h5-6,8-9,17H,4,7,10-15H2,1-3H3,(H,23,24). The first-order valence-corrected chi connectivity index (χ1v) is 10.9. The highest BCUT2D eigenvalue weighted by Crippen LogP contribution is 2.38. The van der Waals surface area contributed by atoms with Crippen LogP contribution in [0, 0.1) is 6.92 Å². The second-order valence-corrected chi connectivity index (χ2v) is 8.03. The summed E-state index contributed by atoms with van der Waals surface area (Å²) in [5.74, 6) is 3.28. The number of fused-ring (bicyclic) bond motifs is 1. The molecule has 0 bridgehead atoms. The third-order valence-corrected chi connectivity index (χ3v) is 6.13. The van der Waals surface area contributed by atoms with Crippen LogP contribution < -0.4 is 10.2 Å². The van der Waals surface area contributed by atoms with Crippen LogP contribution in [0.4, 0.5) is 5.69 Å². The van der Waals surface area contributed by atoms with Crippen molar-refractivity contribution in [2.24, 2.45) is 12.0 Å². The maximum atomic E-state index is 12.0. The lowest BCUT2D eigenvalue weighted by Gasteiger charge is -2.23. The largest absolute Gasteiger partial charge is 0.356 e. The second kappa shape index (κ2) is 8.85. The number of carbonyl (C=O) groups is 1. The Hall–Kier alpha value is -2.90. The number of guanidine groups is 1. The fraction of sp³-hybridized carbons (Fsp3) is 0.545. The minimum atomic E-state index is 0.298. The molecule has 2 aromatic rings. The zero-order valence-electron chi connectivity index (χ0n) is 18.1. The highest BCUT2D eigenvalue weighted by atomic mass is 16.2. The van der Waals surface area contributed by atoms with Gasteiger partial charge in [0.2, 0.25) is 5.91 Å². The summed E-state index contributed by atoms with van der Waals surface area (Å²) < 4.78 is 1.97. The van der Waals surface area contributed by atoms with Crippen LogP contribution in [-0.4, -0.2) is 57.7 Å². The Kier molecular flexibility index (Phi) is 6.01. The van der Waals surface area contributed by atoms with Gasteiger partial charge in [-0.3, -0.25) is 4.79 Å². The van der Waals surface area contributed by atoms with Crippen molar-refractivity contribution in [2.75, 3.05) is 31.1 Å². The molecule has 0 spiro atoms. The highest BCUT2D eigenvalue weighted by molar-refractivity contribution is 5.98. The number of nitrogens with zero attached hydrogens (tertiary/aromatic N) is 6. The topological polar surface area (TPSA) is 78.7 Å². The van der Waals surface area contributed by atoms with Crippen molar-refractivity contribution in [3.63, 3.8) is 0 Å². The van der Waals surface area contributed by atoms with Gasteiger partial charge in [-0.25, -0.2) is 4.99 Å². The van der Waals surface area contributed by atoms with Crippen molar-refractivity contribution in [3.05, 3.63) is 41.5 Å². The van der Waals surface area contributed by atoms with Gasteiger partial charge >= 0.3 is 0 Å². The SMILES string of the molecule is CCNC(=NCc1nnc(C)n1C)N1CC(CCN2CCCC2=O)c2ccccc21. The molecule has 1 atom stereocenters. The van der Waals surface area contributed by atoms with Gasteiger partial charge < -0.3 is 19.7 Å². The Morgan fingerprint density at radius 2 is 2.13 bits per heavy atom. The molecule has 0 radical (unpaired) electrons. The number of hydrogen-bond donors (Lipinski definition) is 1. The Balaban J connectivity index is 1.53. The Morgan fingerprint density at radius 1 is 1.30 bits per heavy atom. The number of rotatable bonds is 6. The van der Waals surface area contributed by atoms with Crippen molar-refractivity contribution < 1.29 is 4.79 Å². The van der Waals surface area contributed by atoms with Crippen LogP contribution in [-0.2, 0) is 18.4 Å². The molecule has 2 aliphatic rings. The first-order chi connectivity index (χ1) is 14.6. The van der Waals surface area contributed by atoms with Crippen LogP contribution in [0.15, 0.2) is 29.3 Å². The van der Waals surface area contributed by atoms with Crippen molar-refractivity contribution in [1.29, 1.82) is 0 Å². The first kappa shape index (κ1) is 20.4. The third kappa shape index (κ3) is 4.04. The highest BCUT2D eigenvalue weighted by Gasteiger charge is 2.32. The van der Waals surface area contributed by atoms with E-state index in [9.17, 15) is 4.79 Å². The molecule has 3 heterocycles. The third-order valence-electron chi connectivity index (χ3n) is 6.13. The fourth-order valence-electron chi connectivity index (χ4n) is 4.32. The van der Waals surface area contributed by atoms with Gasteiger partial charge in [0.1, 0.15) is 12.4 Å². The number of aromatic nitrogens is 3. The van der Waals surface area contributed by atoms with E-state index in [0.29, 0.717) is 24.8 Å². The molecule has 8 nitrogen and oxygen atoms in total. The van der Waals surface area contributed by atoms with Gasteiger partial charge in [0.25, 0.3) is 0 Å². The molecule has 4 rings (SSSR count). The van der Waals surface area contributed by atoms with E-state index in [1.807, 2.05) is 23.4 Å². The molecule has 0 aliphatic carbocycles. The molecule has 1 unspecified atom stereocenters. The smallest absolute Gasteiger partial charge is 0.222 e. The fourth-order valence-corrected chi connectivity index (χ4v) is 4.32. The van der Waals surface area contributed by atoms with Crippen LogP contribution in [0.25, 0.3) is 0 Å². The van der Waals surface area contributed by atoms with Crippen LogP contribution in [0.3, 0.4) is 0 Å². The molecule has 1 aromatic heterocycles. The van der Waals surface area contributed by atoms with Crippen LogP contribution in [0.1, 0.15) is 49.3 Å². The van der Waals surface area contributed by atoms with Gasteiger partial charge in [0.05, 0.1) is 0 Å². The van der Waals surface area contributed by atoms with E-state index in [4.69, 9.17) is 4.99 Å². The predicted molar refractivity (Wildman–Crippen MR) is 118 cm³/mol. The molecule has 2 aliphatic heterocycles. The number of hydrogen-bond acceptors (Lipinski definition) is 4. The van der Waals surface area contributed by atoms with Gasteiger partial charge in [0.15, 0.2) is 11.8 Å². The molecule has 1 saturated heterocycles. The van der Waals surface area contributed by atoms with Crippen LogP contribution >= 0.6 is 0 Å². The van der Waals surface area contributed by atoms with E-state index < -0.39 is 0 Å². The quantitative estimate of drug-likeness (QED) is 0.585. The van der Waals surface area contributed by atoms with Gasteiger partial charge in [-0.1, -0.05) is 18.2 Å². The van der Waals surface area contributed by atoms with E-state index in [1.54, 1.807) is 0 Å². The molecule has 0 saturated carbocycles. The zero-order chi connectivity index (χ0) is 21.1. The van der Waals surface area contributed by atoms with E-state index in [-0.39, 0.29) is 0 Å². The average Bonchev–Trinajstić information content (AvgIpc) is 3.42. The summed E-state index contributed by atoms with van der Waals surface area (Å²) in [5, 5.41) is 11.8. The minimum absolute atomic E-state index is 0.298. The number of aryl methyl sites for hydroxylation is 1. The molecule has 1 amide bonds. The number of likely N-dealkylation sites (tertiary alicyclic amines) is 1. The number of para-hydroxylation sites is 1. The molecular formula is C22H31N7O. The zero-order valence-corrected chi connectivity index (χ0v) is 18.1. The summed E-state index contributed by atoms with van der Waals surface area (Å²) in [7, 11) is 1.97. The Bertz CT molecular complexity index is 935. The van der Waals surface area contributed by atoms with Crippen molar-refractivity contribution >= 4 is 17.6 Å². The van der Waals surface area contributed by atoms with E-state index in [1.165, 1.54) is 11.3 Å². The Morgan fingerprint density at radius 3 is 2.83 bits per heavy atom. The van der Waals surface area contributed by atoms with Gasteiger partial charge in [-0.2, -0.15) is 0 Å². The van der Waals surface area contributed by atoms with Crippen molar-refractivity contribution in [1.82, 2.24) is 25.0 Å². The minimum Gasteiger partial charge on any atom is -0.356 e. The summed E-state index contributed by atoms with van der Waals surface area (Å²) in [5.41, 5.74) is 2.54. The first-order valence-electron chi connectivity index (χ1n) is 10.9. The summed E-state index contributed by atoms with van der Waals surface area (Å²) in [6.45, 7) is 7.90. The molecule has 1 fully saturated rings. The monoisotopic (exact) mass is 409 g/mol. The van der Waals surface area contributed by atoms with E-state index in [0.717, 1.165) is 56.6 Å². The number of benzene rings is 1. The van der Waals surface area contributed by atoms with Gasteiger partial charge in [0, 0.05) is 51.3 Å². The van der Waals surface area contributed by atoms with Gasteiger partial charge in [-0.15, -0.1) is 10.2 Å². The molecule has 1 aromatic carbocycles. The maximum Gasteiger partial charge on any atom is 0.222 e. The number of carbonyl (C=O) groups excluding carboxylic acids is 1. The average molecular weight is 410 g/mol. The number of anilines is 1. The van der Waals surface area contributed by atoms with E-state index in [2.05, 4.69) is 51.6 Å². The predicted octanol–water partition coefficient (Wildman–Crippen LogP) is 2.21. The maximum absolute atomic E-state index is 12.0. The van der Waals surface area contributed by atoms with Crippen molar-refractivity contribution in [3.8, 4) is 0 Å². The normalized spacial score (nSPS) is 19.0. The summed E-state index contributed by atoms with van der Waals surface area (Å²) >= 11 is 0. The summed E-state index contributed by atoms with van der Waals surface area (Å²) in [4.78, 5) is 21.2.